The number of halogens is 1. The highest BCUT2D eigenvalue weighted by atomic mass is 79.9. The molecule has 0 bridgehead atoms. The van der Waals surface area contributed by atoms with Gasteiger partial charge in [-0.2, -0.15) is 0 Å². The van der Waals surface area contributed by atoms with Crippen LogP contribution >= 0.6 is 15.9 Å². The Morgan fingerprint density at radius 3 is 2.65 bits per heavy atom. The SMILES string of the molecule is COc1ccc(CN[C@H](C)c2cccc(C)c2)cc1Br. The number of hydrogen-bond donors (Lipinski definition) is 1. The third kappa shape index (κ3) is 3.84. The number of aryl methyl sites for hydroxylation is 1. The highest BCUT2D eigenvalue weighted by molar-refractivity contribution is 9.10. The van der Waals surface area contributed by atoms with Gasteiger partial charge in [0.1, 0.15) is 5.75 Å². The van der Waals surface area contributed by atoms with E-state index in [1.165, 1.54) is 16.7 Å². The topological polar surface area (TPSA) is 21.3 Å². The van der Waals surface area contributed by atoms with Gasteiger partial charge in [0.05, 0.1) is 11.6 Å². The van der Waals surface area contributed by atoms with E-state index in [4.69, 9.17) is 4.74 Å². The summed E-state index contributed by atoms with van der Waals surface area (Å²) in [5, 5.41) is 3.55. The Hall–Kier alpha value is -1.32. The Labute approximate surface area is 129 Å². The van der Waals surface area contributed by atoms with E-state index in [0.717, 1.165) is 16.8 Å². The summed E-state index contributed by atoms with van der Waals surface area (Å²) in [5.74, 6) is 0.862. The van der Waals surface area contributed by atoms with Crippen molar-refractivity contribution >= 4 is 15.9 Å². The molecule has 3 heteroatoms. The lowest BCUT2D eigenvalue weighted by Crippen LogP contribution is -2.18. The van der Waals surface area contributed by atoms with Gasteiger partial charge < -0.3 is 10.1 Å². The van der Waals surface area contributed by atoms with Crippen molar-refractivity contribution in [3.63, 3.8) is 0 Å². The Morgan fingerprint density at radius 1 is 1.20 bits per heavy atom. The summed E-state index contributed by atoms with van der Waals surface area (Å²) < 4.78 is 6.23. The summed E-state index contributed by atoms with van der Waals surface area (Å²) in [7, 11) is 1.68. The van der Waals surface area contributed by atoms with Gasteiger partial charge in [-0.1, -0.05) is 35.9 Å². The highest BCUT2D eigenvalue weighted by Gasteiger charge is 2.06. The van der Waals surface area contributed by atoms with E-state index in [-0.39, 0.29) is 0 Å². The molecule has 20 heavy (non-hydrogen) atoms. The number of ether oxygens (including phenoxy) is 1. The molecule has 1 atom stereocenters. The van der Waals surface area contributed by atoms with E-state index in [1.807, 2.05) is 6.07 Å². The molecule has 0 aliphatic carbocycles. The third-order valence-electron chi connectivity index (χ3n) is 3.37. The van der Waals surface area contributed by atoms with Crippen molar-refractivity contribution < 1.29 is 4.74 Å². The molecule has 106 valence electrons. The van der Waals surface area contributed by atoms with Gasteiger partial charge in [0.2, 0.25) is 0 Å². The van der Waals surface area contributed by atoms with Crippen LogP contribution in [0.4, 0.5) is 0 Å². The molecule has 0 heterocycles. The number of methoxy groups -OCH3 is 1. The van der Waals surface area contributed by atoms with Crippen LogP contribution in [-0.4, -0.2) is 7.11 Å². The molecular weight excluding hydrogens is 314 g/mol. The van der Waals surface area contributed by atoms with E-state index in [1.54, 1.807) is 7.11 Å². The first-order valence-electron chi connectivity index (χ1n) is 6.72. The first-order chi connectivity index (χ1) is 9.60. The molecule has 0 aromatic heterocycles. The zero-order valence-electron chi connectivity index (χ0n) is 12.1. The highest BCUT2D eigenvalue weighted by Crippen LogP contribution is 2.25. The molecule has 1 N–H and O–H groups in total. The van der Waals surface area contributed by atoms with Crippen LogP contribution in [0.25, 0.3) is 0 Å². The van der Waals surface area contributed by atoms with Crippen molar-refractivity contribution in [1.82, 2.24) is 5.32 Å². The van der Waals surface area contributed by atoms with Gasteiger partial charge in [0.15, 0.2) is 0 Å². The molecule has 0 saturated carbocycles. The number of nitrogens with one attached hydrogen (secondary N) is 1. The summed E-state index contributed by atoms with van der Waals surface area (Å²) in [6.07, 6.45) is 0. The molecule has 2 nitrogen and oxygen atoms in total. The zero-order valence-corrected chi connectivity index (χ0v) is 13.7. The number of benzene rings is 2. The van der Waals surface area contributed by atoms with Crippen LogP contribution in [0.3, 0.4) is 0 Å². The maximum atomic E-state index is 5.24. The minimum atomic E-state index is 0.329. The van der Waals surface area contributed by atoms with E-state index in [9.17, 15) is 0 Å². The van der Waals surface area contributed by atoms with Crippen molar-refractivity contribution in [2.75, 3.05) is 7.11 Å². The lowest BCUT2D eigenvalue weighted by Gasteiger charge is -2.15. The summed E-state index contributed by atoms with van der Waals surface area (Å²) in [4.78, 5) is 0. The average Bonchev–Trinajstić information content (AvgIpc) is 2.45. The largest absolute Gasteiger partial charge is 0.496 e. The van der Waals surface area contributed by atoms with Crippen LogP contribution in [0.5, 0.6) is 5.75 Å². The van der Waals surface area contributed by atoms with Gasteiger partial charge in [-0.25, -0.2) is 0 Å². The van der Waals surface area contributed by atoms with E-state index >= 15 is 0 Å². The lowest BCUT2D eigenvalue weighted by atomic mass is 10.1. The molecule has 2 aromatic rings. The fourth-order valence-electron chi connectivity index (χ4n) is 2.15. The molecular formula is C17H20BrNO. The minimum absolute atomic E-state index is 0.329. The van der Waals surface area contributed by atoms with Crippen molar-refractivity contribution in [3.8, 4) is 5.75 Å². The summed E-state index contributed by atoms with van der Waals surface area (Å²) >= 11 is 3.52. The molecule has 0 saturated heterocycles. The van der Waals surface area contributed by atoms with Crippen LogP contribution in [0.15, 0.2) is 46.9 Å². The fourth-order valence-corrected chi connectivity index (χ4v) is 2.74. The summed E-state index contributed by atoms with van der Waals surface area (Å²) in [6.45, 7) is 5.14. The smallest absolute Gasteiger partial charge is 0.133 e. The van der Waals surface area contributed by atoms with Gasteiger partial charge in [-0.05, 0) is 53.0 Å². The maximum Gasteiger partial charge on any atom is 0.133 e. The normalized spacial score (nSPS) is 12.2. The number of hydrogen-bond acceptors (Lipinski definition) is 2. The van der Waals surface area contributed by atoms with Gasteiger partial charge in [0.25, 0.3) is 0 Å². The van der Waals surface area contributed by atoms with E-state index in [0.29, 0.717) is 6.04 Å². The van der Waals surface area contributed by atoms with Crippen molar-refractivity contribution in [2.24, 2.45) is 0 Å². The van der Waals surface area contributed by atoms with Crippen molar-refractivity contribution in [3.05, 3.63) is 63.6 Å². The molecule has 0 fully saturated rings. The summed E-state index contributed by atoms with van der Waals surface area (Å²) in [5.41, 5.74) is 3.85. The van der Waals surface area contributed by atoms with Gasteiger partial charge in [0, 0.05) is 12.6 Å². The quantitative estimate of drug-likeness (QED) is 0.862. The zero-order chi connectivity index (χ0) is 14.5. The lowest BCUT2D eigenvalue weighted by molar-refractivity contribution is 0.412. The molecule has 0 aliphatic heterocycles. The standard InChI is InChI=1S/C17H20BrNO/c1-12-5-4-6-15(9-12)13(2)19-11-14-7-8-17(20-3)16(18)10-14/h4-10,13,19H,11H2,1-3H3/t13-/m1/s1. The maximum absolute atomic E-state index is 5.24. The fraction of sp³-hybridized carbons (Fsp3) is 0.294. The monoisotopic (exact) mass is 333 g/mol. The van der Waals surface area contributed by atoms with Crippen molar-refractivity contribution in [1.29, 1.82) is 0 Å². The molecule has 2 aromatic carbocycles. The van der Waals surface area contributed by atoms with Crippen LogP contribution in [0, 0.1) is 6.92 Å². The second kappa shape index (κ2) is 6.91. The first-order valence-corrected chi connectivity index (χ1v) is 7.52. The van der Waals surface area contributed by atoms with Gasteiger partial charge >= 0.3 is 0 Å². The Kier molecular flexibility index (Phi) is 5.21. The van der Waals surface area contributed by atoms with Crippen molar-refractivity contribution in [2.45, 2.75) is 26.4 Å². The van der Waals surface area contributed by atoms with E-state index < -0.39 is 0 Å². The van der Waals surface area contributed by atoms with Crippen LogP contribution in [0.1, 0.15) is 29.7 Å². The minimum Gasteiger partial charge on any atom is -0.496 e. The molecule has 0 aliphatic rings. The predicted molar refractivity (Wildman–Crippen MR) is 87.1 cm³/mol. The second-order valence-corrected chi connectivity index (χ2v) is 5.84. The van der Waals surface area contributed by atoms with Gasteiger partial charge in [-0.3, -0.25) is 0 Å². The van der Waals surface area contributed by atoms with Gasteiger partial charge in [-0.15, -0.1) is 0 Å². The molecule has 0 amide bonds. The van der Waals surface area contributed by atoms with Crippen LogP contribution < -0.4 is 10.1 Å². The third-order valence-corrected chi connectivity index (χ3v) is 3.99. The van der Waals surface area contributed by atoms with E-state index in [2.05, 4.69) is 71.5 Å². The average molecular weight is 334 g/mol. The Morgan fingerprint density at radius 2 is 2.00 bits per heavy atom. The van der Waals surface area contributed by atoms with Crippen LogP contribution in [-0.2, 0) is 6.54 Å². The Bertz CT molecular complexity index is 583. The predicted octanol–water partition coefficient (Wildman–Crippen LogP) is 4.62. The molecule has 0 unspecified atom stereocenters. The molecule has 0 radical (unpaired) electrons. The molecule has 0 spiro atoms. The second-order valence-electron chi connectivity index (χ2n) is 4.99. The first kappa shape index (κ1) is 15.1. The van der Waals surface area contributed by atoms with Crippen LogP contribution in [0.2, 0.25) is 0 Å². The Balaban J connectivity index is 1.99. The summed E-state index contributed by atoms with van der Waals surface area (Å²) in [6, 6.07) is 15.1. The molecule has 2 rings (SSSR count). The number of rotatable bonds is 5.